The van der Waals surface area contributed by atoms with Gasteiger partial charge in [-0.2, -0.15) is 4.98 Å². The summed E-state index contributed by atoms with van der Waals surface area (Å²) in [5, 5.41) is 3.90. The Morgan fingerprint density at radius 3 is 3.00 bits per heavy atom. The number of ether oxygens (including phenoxy) is 1. The number of rotatable bonds is 5. The summed E-state index contributed by atoms with van der Waals surface area (Å²) < 4.78 is 11.4. The van der Waals surface area contributed by atoms with E-state index in [4.69, 9.17) is 15.0 Å². The zero-order valence-corrected chi connectivity index (χ0v) is 12.5. The van der Waals surface area contributed by atoms with E-state index in [1.165, 1.54) is 0 Å². The molecule has 1 aromatic heterocycles. The number of benzene rings is 1. The molecule has 0 saturated heterocycles. The summed E-state index contributed by atoms with van der Waals surface area (Å²) in [5.41, 5.74) is 7.90. The van der Waals surface area contributed by atoms with Crippen molar-refractivity contribution in [3.63, 3.8) is 0 Å². The monoisotopic (exact) mass is 325 g/mol. The number of hydrogen-bond donors (Lipinski definition) is 1. The van der Waals surface area contributed by atoms with Gasteiger partial charge in [-0.25, -0.2) is 0 Å². The molecule has 19 heavy (non-hydrogen) atoms. The van der Waals surface area contributed by atoms with Crippen molar-refractivity contribution in [1.29, 1.82) is 0 Å². The van der Waals surface area contributed by atoms with Crippen molar-refractivity contribution < 1.29 is 9.26 Å². The Kier molecular flexibility index (Phi) is 4.68. The van der Waals surface area contributed by atoms with Crippen LogP contribution in [0.1, 0.15) is 24.4 Å². The van der Waals surface area contributed by atoms with Gasteiger partial charge in [0.15, 0.2) is 5.82 Å². The normalized spacial score (nSPS) is 12.6. The summed E-state index contributed by atoms with van der Waals surface area (Å²) in [7, 11) is 0. The van der Waals surface area contributed by atoms with E-state index in [1.54, 1.807) is 0 Å². The molecule has 0 fully saturated rings. The zero-order valence-electron chi connectivity index (χ0n) is 10.9. The van der Waals surface area contributed by atoms with Crippen LogP contribution in [0.5, 0.6) is 0 Å². The van der Waals surface area contributed by atoms with E-state index in [9.17, 15) is 0 Å². The maximum atomic E-state index is 5.92. The Labute approximate surface area is 120 Å². The van der Waals surface area contributed by atoms with E-state index in [-0.39, 0.29) is 6.04 Å². The molecule has 1 atom stereocenters. The minimum atomic E-state index is -0.374. The third-order valence-electron chi connectivity index (χ3n) is 2.63. The van der Waals surface area contributed by atoms with Gasteiger partial charge in [0.1, 0.15) is 0 Å². The largest absolute Gasteiger partial charge is 0.380 e. The summed E-state index contributed by atoms with van der Waals surface area (Å²) in [5.74, 6) is 0.911. The van der Waals surface area contributed by atoms with Crippen molar-refractivity contribution in [2.24, 2.45) is 5.73 Å². The number of aromatic nitrogens is 2. The molecule has 102 valence electrons. The van der Waals surface area contributed by atoms with Gasteiger partial charge < -0.3 is 15.0 Å². The molecule has 2 rings (SSSR count). The van der Waals surface area contributed by atoms with E-state index < -0.39 is 0 Å². The highest BCUT2D eigenvalue weighted by molar-refractivity contribution is 9.10. The predicted octanol–water partition coefficient (Wildman–Crippen LogP) is 2.84. The Morgan fingerprint density at radius 2 is 2.26 bits per heavy atom. The first kappa shape index (κ1) is 14.2. The van der Waals surface area contributed by atoms with Crippen LogP contribution in [0.4, 0.5) is 0 Å². The average Bonchev–Trinajstić information content (AvgIpc) is 2.88. The number of hydrogen-bond acceptors (Lipinski definition) is 5. The van der Waals surface area contributed by atoms with Crippen LogP contribution in [0.3, 0.4) is 0 Å². The van der Waals surface area contributed by atoms with Crippen LogP contribution in [-0.4, -0.2) is 23.4 Å². The molecule has 2 aromatic rings. The lowest BCUT2D eigenvalue weighted by atomic mass is 10.1. The average molecular weight is 326 g/mol. The quantitative estimate of drug-likeness (QED) is 0.914. The summed E-state index contributed by atoms with van der Waals surface area (Å²) in [6, 6.07) is 5.57. The molecular weight excluding hydrogens is 310 g/mol. The smallest absolute Gasteiger partial charge is 0.259 e. The summed E-state index contributed by atoms with van der Waals surface area (Å²) in [6.07, 6.45) is 0. The molecule has 1 unspecified atom stereocenters. The van der Waals surface area contributed by atoms with Crippen LogP contribution in [0.2, 0.25) is 0 Å². The maximum absolute atomic E-state index is 5.92. The van der Waals surface area contributed by atoms with Crippen molar-refractivity contribution in [3.05, 3.63) is 34.1 Å². The molecule has 1 aromatic carbocycles. The minimum absolute atomic E-state index is 0.374. The number of nitrogens with two attached hydrogens (primary N) is 1. The van der Waals surface area contributed by atoms with E-state index in [0.29, 0.717) is 24.9 Å². The lowest BCUT2D eigenvalue weighted by Gasteiger charge is -2.05. The molecule has 0 spiro atoms. The lowest BCUT2D eigenvalue weighted by Crippen LogP contribution is -2.18. The Bertz CT molecular complexity index is 557. The Morgan fingerprint density at radius 1 is 1.47 bits per heavy atom. The van der Waals surface area contributed by atoms with Crippen LogP contribution in [-0.2, 0) is 4.74 Å². The van der Waals surface area contributed by atoms with E-state index in [1.807, 2.05) is 32.0 Å². The predicted molar refractivity (Wildman–Crippen MR) is 75.6 cm³/mol. The lowest BCUT2D eigenvalue weighted by molar-refractivity contribution is 0.130. The topological polar surface area (TPSA) is 74.2 Å². The highest BCUT2D eigenvalue weighted by atomic mass is 79.9. The Balaban J connectivity index is 2.23. The molecular formula is C13H16BrN3O2. The zero-order chi connectivity index (χ0) is 13.8. The maximum Gasteiger partial charge on any atom is 0.259 e. The molecule has 2 N–H and O–H groups in total. The van der Waals surface area contributed by atoms with Crippen molar-refractivity contribution in [3.8, 4) is 11.5 Å². The molecule has 1 heterocycles. The molecule has 0 aliphatic rings. The number of nitrogens with zero attached hydrogens (tertiary/aromatic N) is 2. The van der Waals surface area contributed by atoms with E-state index in [0.717, 1.165) is 15.6 Å². The third-order valence-corrected chi connectivity index (χ3v) is 3.32. The van der Waals surface area contributed by atoms with Gasteiger partial charge in [0, 0.05) is 11.1 Å². The first-order chi connectivity index (χ1) is 9.11. The molecule has 6 heteroatoms. The second kappa shape index (κ2) is 6.27. The highest BCUT2D eigenvalue weighted by Gasteiger charge is 2.17. The van der Waals surface area contributed by atoms with Crippen LogP contribution in [0.25, 0.3) is 11.5 Å². The van der Waals surface area contributed by atoms with Gasteiger partial charge in [-0.05, 0) is 41.9 Å². The summed E-state index contributed by atoms with van der Waals surface area (Å²) >= 11 is 3.47. The SMILES string of the molecule is CCOCC(N)c1noc(-c2cc(C)ccc2Br)n1. The third kappa shape index (κ3) is 3.40. The molecule has 0 aliphatic heterocycles. The van der Waals surface area contributed by atoms with E-state index >= 15 is 0 Å². The minimum Gasteiger partial charge on any atom is -0.380 e. The van der Waals surface area contributed by atoms with Gasteiger partial charge in [0.2, 0.25) is 0 Å². The van der Waals surface area contributed by atoms with Crippen LogP contribution in [0, 0.1) is 6.92 Å². The molecule has 0 saturated carbocycles. The first-order valence-electron chi connectivity index (χ1n) is 6.05. The fraction of sp³-hybridized carbons (Fsp3) is 0.385. The standard InChI is InChI=1S/C13H16BrN3O2/c1-3-18-7-11(15)12-16-13(19-17-12)9-6-8(2)4-5-10(9)14/h4-6,11H,3,7,15H2,1-2H3. The molecule has 0 bridgehead atoms. The van der Waals surface area contributed by atoms with Gasteiger partial charge >= 0.3 is 0 Å². The van der Waals surface area contributed by atoms with Gasteiger partial charge in [-0.1, -0.05) is 16.8 Å². The molecule has 5 nitrogen and oxygen atoms in total. The molecule has 0 radical (unpaired) electrons. The second-order valence-corrected chi connectivity index (χ2v) is 5.06. The first-order valence-corrected chi connectivity index (χ1v) is 6.84. The van der Waals surface area contributed by atoms with Gasteiger partial charge in [-0.3, -0.25) is 0 Å². The number of halogens is 1. The molecule has 0 aliphatic carbocycles. The Hall–Kier alpha value is -1.24. The van der Waals surface area contributed by atoms with Crippen LogP contribution >= 0.6 is 15.9 Å². The van der Waals surface area contributed by atoms with Crippen molar-refractivity contribution >= 4 is 15.9 Å². The van der Waals surface area contributed by atoms with Crippen molar-refractivity contribution in [1.82, 2.24) is 10.1 Å². The van der Waals surface area contributed by atoms with Gasteiger partial charge in [0.05, 0.1) is 18.2 Å². The van der Waals surface area contributed by atoms with Crippen LogP contribution < -0.4 is 5.73 Å². The van der Waals surface area contributed by atoms with Crippen LogP contribution in [0.15, 0.2) is 27.2 Å². The fourth-order valence-electron chi connectivity index (χ4n) is 1.62. The highest BCUT2D eigenvalue weighted by Crippen LogP contribution is 2.28. The number of aryl methyl sites for hydroxylation is 1. The summed E-state index contributed by atoms with van der Waals surface area (Å²) in [4.78, 5) is 4.32. The van der Waals surface area contributed by atoms with Crippen molar-refractivity contribution in [2.45, 2.75) is 19.9 Å². The molecule has 0 amide bonds. The van der Waals surface area contributed by atoms with Gasteiger partial charge in [0.25, 0.3) is 5.89 Å². The summed E-state index contributed by atoms with van der Waals surface area (Å²) in [6.45, 7) is 4.92. The van der Waals surface area contributed by atoms with Crippen molar-refractivity contribution in [2.75, 3.05) is 13.2 Å². The van der Waals surface area contributed by atoms with Gasteiger partial charge in [-0.15, -0.1) is 0 Å². The second-order valence-electron chi connectivity index (χ2n) is 4.21. The van der Waals surface area contributed by atoms with E-state index in [2.05, 4.69) is 26.1 Å². The fourth-order valence-corrected chi connectivity index (χ4v) is 2.03.